The van der Waals surface area contributed by atoms with Gasteiger partial charge in [-0.25, -0.2) is 0 Å². The Morgan fingerprint density at radius 3 is 2.33 bits per heavy atom. The molecule has 0 unspecified atom stereocenters. The van der Waals surface area contributed by atoms with Gasteiger partial charge in [0.15, 0.2) is 0 Å². The van der Waals surface area contributed by atoms with Gasteiger partial charge in [0.05, 0.1) is 7.11 Å². The van der Waals surface area contributed by atoms with Gasteiger partial charge in [0, 0.05) is 10.8 Å². The molecule has 0 saturated heterocycles. The second kappa shape index (κ2) is 4.38. The Bertz CT molecular complexity index is 987. The Labute approximate surface area is 122 Å². The fourth-order valence-corrected chi connectivity index (χ4v) is 3.10. The maximum absolute atomic E-state index is 10.5. The summed E-state index contributed by atoms with van der Waals surface area (Å²) in [6, 6.07) is 20.0. The molecule has 0 amide bonds. The first kappa shape index (κ1) is 12.0. The summed E-state index contributed by atoms with van der Waals surface area (Å²) in [5, 5.41) is 16.6. The van der Waals surface area contributed by atoms with Gasteiger partial charge in [-0.2, -0.15) is 0 Å². The second-order valence-corrected chi connectivity index (χ2v) is 5.16. The molecule has 0 spiro atoms. The molecule has 0 aliphatic carbocycles. The first-order valence-corrected chi connectivity index (χ1v) is 6.90. The molecule has 0 aromatic heterocycles. The monoisotopic (exact) mass is 274 g/mol. The third-order valence-electron chi connectivity index (χ3n) is 4.04. The van der Waals surface area contributed by atoms with Crippen LogP contribution in [0.3, 0.4) is 0 Å². The number of methoxy groups -OCH3 is 1. The van der Waals surface area contributed by atoms with E-state index in [1.165, 1.54) is 0 Å². The minimum Gasteiger partial charge on any atom is -0.507 e. The lowest BCUT2D eigenvalue weighted by Gasteiger charge is -2.11. The highest BCUT2D eigenvalue weighted by atomic mass is 16.5. The van der Waals surface area contributed by atoms with Crippen LogP contribution >= 0.6 is 0 Å². The van der Waals surface area contributed by atoms with E-state index >= 15 is 0 Å². The van der Waals surface area contributed by atoms with Crippen molar-refractivity contribution in [1.82, 2.24) is 0 Å². The van der Waals surface area contributed by atoms with Crippen LogP contribution in [-0.2, 0) is 0 Å². The molecule has 0 radical (unpaired) electrons. The summed E-state index contributed by atoms with van der Waals surface area (Å²) in [6.07, 6.45) is 0. The molecule has 4 aromatic carbocycles. The number of rotatable bonds is 1. The van der Waals surface area contributed by atoms with Gasteiger partial charge in [-0.05, 0) is 39.7 Å². The minimum atomic E-state index is 0.308. The molecule has 2 nitrogen and oxygen atoms in total. The molecule has 0 heterocycles. The molecule has 1 N–H and O–H groups in total. The highest BCUT2D eigenvalue weighted by Gasteiger charge is 2.11. The van der Waals surface area contributed by atoms with Gasteiger partial charge in [-0.1, -0.05) is 42.5 Å². The Morgan fingerprint density at radius 2 is 1.48 bits per heavy atom. The van der Waals surface area contributed by atoms with Crippen molar-refractivity contribution in [1.29, 1.82) is 0 Å². The van der Waals surface area contributed by atoms with Crippen LogP contribution in [0.4, 0.5) is 0 Å². The van der Waals surface area contributed by atoms with Crippen molar-refractivity contribution in [3.05, 3.63) is 60.7 Å². The zero-order chi connectivity index (χ0) is 14.4. The van der Waals surface area contributed by atoms with E-state index in [1.54, 1.807) is 7.11 Å². The van der Waals surface area contributed by atoms with E-state index in [1.807, 2.05) is 42.5 Å². The lowest BCUT2D eigenvalue weighted by molar-refractivity contribution is 0.420. The molecule has 4 aromatic rings. The van der Waals surface area contributed by atoms with E-state index in [0.29, 0.717) is 5.75 Å². The van der Waals surface area contributed by atoms with Gasteiger partial charge < -0.3 is 9.84 Å². The number of fused-ring (bicyclic) bond motifs is 5. The quantitative estimate of drug-likeness (QED) is 0.502. The average Bonchev–Trinajstić information content (AvgIpc) is 2.53. The number of hydrogen-bond acceptors (Lipinski definition) is 2. The highest BCUT2D eigenvalue weighted by molar-refractivity contribution is 6.20. The van der Waals surface area contributed by atoms with Crippen molar-refractivity contribution in [2.75, 3.05) is 7.11 Å². The van der Waals surface area contributed by atoms with Crippen LogP contribution in [0.2, 0.25) is 0 Å². The Balaban J connectivity index is 2.29. The predicted molar refractivity (Wildman–Crippen MR) is 87.2 cm³/mol. The number of benzene rings is 4. The molecule has 0 atom stereocenters. The fraction of sp³-hybridized carbons (Fsp3) is 0.0526. The van der Waals surface area contributed by atoms with E-state index in [4.69, 9.17) is 4.74 Å². The van der Waals surface area contributed by atoms with Crippen molar-refractivity contribution in [3.63, 3.8) is 0 Å². The molecular weight excluding hydrogens is 260 g/mol. The topological polar surface area (TPSA) is 29.5 Å². The number of phenolic OH excluding ortho intramolecular Hbond substituents is 1. The third-order valence-corrected chi connectivity index (χ3v) is 4.04. The fourth-order valence-electron chi connectivity index (χ4n) is 3.10. The largest absolute Gasteiger partial charge is 0.507 e. The van der Waals surface area contributed by atoms with Crippen LogP contribution < -0.4 is 4.74 Å². The van der Waals surface area contributed by atoms with Crippen LogP contribution in [0.15, 0.2) is 60.7 Å². The summed E-state index contributed by atoms with van der Waals surface area (Å²) in [7, 11) is 1.67. The van der Waals surface area contributed by atoms with Crippen LogP contribution in [0.1, 0.15) is 0 Å². The van der Waals surface area contributed by atoms with Gasteiger partial charge in [-0.3, -0.25) is 0 Å². The second-order valence-electron chi connectivity index (χ2n) is 5.16. The minimum absolute atomic E-state index is 0.308. The first-order valence-electron chi connectivity index (χ1n) is 6.90. The standard InChI is InChI=1S/C19H14O2/c1-21-18-8-4-7-15-14(18)9-10-16-13-6-3-2-5-12(13)11-17(20)19(15)16/h2-11,20H,1H3. The molecule has 4 rings (SSSR count). The van der Waals surface area contributed by atoms with Crippen molar-refractivity contribution >= 4 is 32.3 Å². The lowest BCUT2D eigenvalue weighted by Crippen LogP contribution is -1.86. The molecule has 21 heavy (non-hydrogen) atoms. The Hall–Kier alpha value is -2.74. The number of phenols is 1. The average molecular weight is 274 g/mol. The van der Waals surface area contributed by atoms with Crippen molar-refractivity contribution < 1.29 is 9.84 Å². The van der Waals surface area contributed by atoms with Gasteiger partial charge in [0.1, 0.15) is 11.5 Å². The van der Waals surface area contributed by atoms with Gasteiger partial charge in [0.25, 0.3) is 0 Å². The summed E-state index contributed by atoms with van der Waals surface area (Å²) in [4.78, 5) is 0. The first-order chi connectivity index (χ1) is 10.3. The molecular formula is C19H14O2. The van der Waals surface area contributed by atoms with Crippen molar-refractivity contribution in [2.45, 2.75) is 0 Å². The van der Waals surface area contributed by atoms with Gasteiger partial charge in [0.2, 0.25) is 0 Å². The van der Waals surface area contributed by atoms with Crippen molar-refractivity contribution in [2.24, 2.45) is 0 Å². The van der Waals surface area contributed by atoms with Gasteiger partial charge in [-0.15, -0.1) is 0 Å². The van der Waals surface area contributed by atoms with Crippen LogP contribution in [0.5, 0.6) is 11.5 Å². The smallest absolute Gasteiger partial charge is 0.126 e. The highest BCUT2D eigenvalue weighted by Crippen LogP contribution is 2.39. The lowest BCUT2D eigenvalue weighted by atomic mass is 9.96. The zero-order valence-corrected chi connectivity index (χ0v) is 11.6. The third kappa shape index (κ3) is 1.66. The molecule has 0 bridgehead atoms. The summed E-state index contributed by atoms with van der Waals surface area (Å²) in [6.45, 7) is 0. The van der Waals surface area contributed by atoms with E-state index in [0.717, 1.165) is 38.1 Å². The summed E-state index contributed by atoms with van der Waals surface area (Å²) in [5.74, 6) is 1.13. The van der Waals surface area contributed by atoms with Crippen LogP contribution in [0, 0.1) is 0 Å². The molecule has 0 fully saturated rings. The number of hydrogen-bond donors (Lipinski definition) is 1. The van der Waals surface area contributed by atoms with Crippen LogP contribution in [0.25, 0.3) is 32.3 Å². The van der Waals surface area contributed by atoms with Crippen molar-refractivity contribution in [3.8, 4) is 11.5 Å². The Kier molecular flexibility index (Phi) is 2.51. The zero-order valence-electron chi connectivity index (χ0n) is 11.6. The van der Waals surface area contributed by atoms with E-state index in [9.17, 15) is 5.11 Å². The number of ether oxygens (including phenoxy) is 1. The molecule has 102 valence electrons. The molecule has 2 heteroatoms. The molecule has 0 aliphatic heterocycles. The summed E-state index contributed by atoms with van der Waals surface area (Å²) < 4.78 is 5.42. The number of aromatic hydroxyl groups is 1. The SMILES string of the molecule is COc1cccc2c1ccc1c3ccccc3cc(O)c21. The molecule has 0 saturated carbocycles. The normalized spacial score (nSPS) is 11.3. The van der Waals surface area contributed by atoms with E-state index in [-0.39, 0.29) is 0 Å². The predicted octanol–water partition coefficient (Wildman–Crippen LogP) is 4.86. The maximum atomic E-state index is 10.5. The summed E-state index contributed by atoms with van der Waals surface area (Å²) >= 11 is 0. The molecule has 0 aliphatic rings. The van der Waals surface area contributed by atoms with E-state index in [2.05, 4.69) is 18.2 Å². The van der Waals surface area contributed by atoms with Crippen LogP contribution in [-0.4, -0.2) is 12.2 Å². The maximum Gasteiger partial charge on any atom is 0.126 e. The van der Waals surface area contributed by atoms with Gasteiger partial charge >= 0.3 is 0 Å². The summed E-state index contributed by atoms with van der Waals surface area (Å²) in [5.41, 5.74) is 0. The van der Waals surface area contributed by atoms with E-state index < -0.39 is 0 Å². The Morgan fingerprint density at radius 1 is 0.762 bits per heavy atom.